The van der Waals surface area contributed by atoms with Gasteiger partial charge in [-0.3, -0.25) is 4.79 Å². The smallest absolute Gasteiger partial charge is 0.308 e. The minimum Gasteiger partial charge on any atom is -0.459 e. The first-order chi connectivity index (χ1) is 9.52. The van der Waals surface area contributed by atoms with Crippen molar-refractivity contribution in [2.24, 2.45) is 5.92 Å². The molecule has 1 saturated carbocycles. The van der Waals surface area contributed by atoms with E-state index in [1.54, 1.807) is 0 Å². The Labute approximate surface area is 124 Å². The Morgan fingerprint density at radius 3 is 2.50 bits per heavy atom. The SMILES string of the molecule is CC(C)C(=O)OC1(CC2CCCCN2C)CCCCC1. The van der Waals surface area contributed by atoms with Gasteiger partial charge in [-0.05, 0) is 52.1 Å². The minimum atomic E-state index is -0.171. The van der Waals surface area contributed by atoms with Gasteiger partial charge in [-0.1, -0.05) is 26.7 Å². The topological polar surface area (TPSA) is 29.5 Å². The second kappa shape index (κ2) is 6.93. The van der Waals surface area contributed by atoms with Crippen molar-refractivity contribution in [3.8, 4) is 0 Å². The summed E-state index contributed by atoms with van der Waals surface area (Å²) in [6.07, 6.45) is 10.8. The molecule has 1 saturated heterocycles. The molecule has 0 radical (unpaired) electrons. The Morgan fingerprint density at radius 2 is 1.90 bits per heavy atom. The van der Waals surface area contributed by atoms with Crippen molar-refractivity contribution in [2.45, 2.75) is 83.3 Å². The van der Waals surface area contributed by atoms with Crippen LogP contribution in [0.15, 0.2) is 0 Å². The predicted octanol–water partition coefficient (Wildman–Crippen LogP) is 3.76. The number of carbonyl (C=O) groups excluding carboxylic acids is 1. The molecule has 20 heavy (non-hydrogen) atoms. The summed E-state index contributed by atoms with van der Waals surface area (Å²) in [5.74, 6) is -0.0248. The molecule has 0 N–H and O–H groups in total. The van der Waals surface area contributed by atoms with Gasteiger partial charge in [0, 0.05) is 12.5 Å². The average molecular weight is 281 g/mol. The van der Waals surface area contributed by atoms with Crippen LogP contribution in [-0.2, 0) is 9.53 Å². The van der Waals surface area contributed by atoms with Crippen molar-refractivity contribution >= 4 is 5.97 Å². The number of hydrogen-bond donors (Lipinski definition) is 0. The third kappa shape index (κ3) is 3.97. The number of rotatable bonds is 4. The number of carbonyl (C=O) groups is 1. The normalized spacial score (nSPS) is 27.5. The van der Waals surface area contributed by atoms with Crippen molar-refractivity contribution in [1.82, 2.24) is 4.90 Å². The summed E-state index contributed by atoms with van der Waals surface area (Å²) in [5.41, 5.74) is -0.171. The highest BCUT2D eigenvalue weighted by molar-refractivity contribution is 5.72. The van der Waals surface area contributed by atoms with Crippen LogP contribution in [0.4, 0.5) is 0 Å². The third-order valence-corrected chi connectivity index (χ3v) is 5.08. The number of likely N-dealkylation sites (tertiary alicyclic amines) is 1. The number of piperidine rings is 1. The molecule has 0 aromatic rings. The van der Waals surface area contributed by atoms with Crippen LogP contribution in [-0.4, -0.2) is 36.1 Å². The Balaban J connectivity index is 2.03. The number of ether oxygens (including phenoxy) is 1. The second-order valence-electron chi connectivity index (χ2n) is 7.15. The quantitative estimate of drug-likeness (QED) is 0.735. The molecule has 2 aliphatic rings. The maximum Gasteiger partial charge on any atom is 0.308 e. The van der Waals surface area contributed by atoms with Crippen LogP contribution in [0.1, 0.15) is 71.6 Å². The molecule has 2 rings (SSSR count). The summed E-state index contributed by atoms with van der Waals surface area (Å²) in [6.45, 7) is 5.07. The first-order valence-electron chi connectivity index (χ1n) is 8.45. The Kier molecular flexibility index (Phi) is 5.48. The van der Waals surface area contributed by atoms with Gasteiger partial charge in [0.1, 0.15) is 5.60 Å². The van der Waals surface area contributed by atoms with E-state index in [1.807, 2.05) is 13.8 Å². The molecule has 3 nitrogen and oxygen atoms in total. The first-order valence-corrected chi connectivity index (χ1v) is 8.45. The molecule has 116 valence electrons. The lowest BCUT2D eigenvalue weighted by molar-refractivity contribution is -0.170. The van der Waals surface area contributed by atoms with Crippen LogP contribution >= 0.6 is 0 Å². The zero-order chi connectivity index (χ0) is 14.6. The molecule has 0 bridgehead atoms. The van der Waals surface area contributed by atoms with Crippen molar-refractivity contribution in [2.75, 3.05) is 13.6 Å². The highest BCUT2D eigenvalue weighted by Gasteiger charge is 2.39. The van der Waals surface area contributed by atoms with Gasteiger partial charge in [-0.2, -0.15) is 0 Å². The molecular weight excluding hydrogens is 250 g/mol. The van der Waals surface area contributed by atoms with Gasteiger partial charge in [0.05, 0.1) is 5.92 Å². The summed E-state index contributed by atoms with van der Waals surface area (Å²) < 4.78 is 6.03. The first kappa shape index (κ1) is 15.8. The van der Waals surface area contributed by atoms with Gasteiger partial charge >= 0.3 is 5.97 Å². The second-order valence-corrected chi connectivity index (χ2v) is 7.15. The molecule has 1 aliphatic heterocycles. The maximum absolute atomic E-state index is 12.1. The number of hydrogen-bond acceptors (Lipinski definition) is 3. The summed E-state index contributed by atoms with van der Waals surface area (Å²) in [6, 6.07) is 0.599. The molecule has 1 unspecified atom stereocenters. The monoisotopic (exact) mass is 281 g/mol. The molecule has 3 heteroatoms. The van der Waals surface area contributed by atoms with Crippen LogP contribution in [0.25, 0.3) is 0 Å². The lowest BCUT2D eigenvalue weighted by Crippen LogP contribution is -2.47. The molecule has 0 spiro atoms. The van der Waals surface area contributed by atoms with Gasteiger partial charge in [0.25, 0.3) is 0 Å². The van der Waals surface area contributed by atoms with E-state index in [0.717, 1.165) is 19.3 Å². The van der Waals surface area contributed by atoms with Gasteiger partial charge in [0.15, 0.2) is 0 Å². The van der Waals surface area contributed by atoms with Gasteiger partial charge in [0.2, 0.25) is 0 Å². The van der Waals surface area contributed by atoms with Crippen molar-refractivity contribution in [3.63, 3.8) is 0 Å². The largest absolute Gasteiger partial charge is 0.459 e. The summed E-state index contributed by atoms with van der Waals surface area (Å²) >= 11 is 0. The molecule has 0 aromatic heterocycles. The zero-order valence-corrected chi connectivity index (χ0v) is 13.5. The summed E-state index contributed by atoms with van der Waals surface area (Å²) in [7, 11) is 2.23. The molecular formula is C17H31NO2. The number of esters is 1. The molecule has 0 amide bonds. The zero-order valence-electron chi connectivity index (χ0n) is 13.5. The Morgan fingerprint density at radius 1 is 1.20 bits per heavy atom. The van der Waals surface area contributed by atoms with Crippen molar-refractivity contribution in [3.05, 3.63) is 0 Å². The van der Waals surface area contributed by atoms with Crippen LogP contribution in [0.3, 0.4) is 0 Å². The Bertz CT molecular complexity index is 321. The fraction of sp³-hybridized carbons (Fsp3) is 0.941. The van der Waals surface area contributed by atoms with E-state index in [1.165, 1.54) is 45.1 Å². The van der Waals surface area contributed by atoms with E-state index in [4.69, 9.17) is 4.74 Å². The van der Waals surface area contributed by atoms with Crippen LogP contribution in [0.5, 0.6) is 0 Å². The van der Waals surface area contributed by atoms with Crippen LogP contribution in [0, 0.1) is 5.92 Å². The average Bonchev–Trinajstić information content (AvgIpc) is 2.42. The number of nitrogens with zero attached hydrogens (tertiary/aromatic N) is 1. The van der Waals surface area contributed by atoms with E-state index in [2.05, 4.69) is 11.9 Å². The fourth-order valence-corrected chi connectivity index (χ4v) is 3.71. The fourth-order valence-electron chi connectivity index (χ4n) is 3.71. The highest BCUT2D eigenvalue weighted by atomic mass is 16.6. The Hall–Kier alpha value is -0.570. The molecule has 1 heterocycles. The van der Waals surface area contributed by atoms with E-state index in [0.29, 0.717) is 6.04 Å². The molecule has 1 aliphatic carbocycles. The van der Waals surface area contributed by atoms with Crippen LogP contribution in [0.2, 0.25) is 0 Å². The lowest BCUT2D eigenvalue weighted by Gasteiger charge is -2.43. The molecule has 2 fully saturated rings. The van der Waals surface area contributed by atoms with E-state index in [9.17, 15) is 4.79 Å². The van der Waals surface area contributed by atoms with Gasteiger partial charge in [-0.25, -0.2) is 0 Å². The molecule has 0 aromatic carbocycles. The minimum absolute atomic E-state index is 0.00892. The van der Waals surface area contributed by atoms with Gasteiger partial charge in [-0.15, -0.1) is 0 Å². The maximum atomic E-state index is 12.1. The third-order valence-electron chi connectivity index (χ3n) is 5.08. The van der Waals surface area contributed by atoms with E-state index < -0.39 is 0 Å². The van der Waals surface area contributed by atoms with Crippen LogP contribution < -0.4 is 0 Å². The predicted molar refractivity (Wildman–Crippen MR) is 81.6 cm³/mol. The lowest BCUT2D eigenvalue weighted by atomic mass is 9.78. The highest BCUT2D eigenvalue weighted by Crippen LogP contribution is 2.38. The van der Waals surface area contributed by atoms with Gasteiger partial charge < -0.3 is 9.64 Å². The van der Waals surface area contributed by atoms with E-state index >= 15 is 0 Å². The summed E-state index contributed by atoms with van der Waals surface area (Å²) in [4.78, 5) is 14.6. The van der Waals surface area contributed by atoms with Crippen molar-refractivity contribution < 1.29 is 9.53 Å². The standard InChI is InChI=1S/C17H31NO2/c1-14(2)16(19)20-17(10-6-4-7-11-17)13-15-9-5-8-12-18(15)3/h14-15H,4-13H2,1-3H3. The summed E-state index contributed by atoms with van der Waals surface area (Å²) in [5, 5.41) is 0. The van der Waals surface area contributed by atoms with Crippen molar-refractivity contribution in [1.29, 1.82) is 0 Å². The molecule has 1 atom stereocenters. The van der Waals surface area contributed by atoms with E-state index in [-0.39, 0.29) is 17.5 Å².